The maximum absolute atomic E-state index is 13.6. The van der Waals surface area contributed by atoms with Gasteiger partial charge in [0.25, 0.3) is 0 Å². The summed E-state index contributed by atoms with van der Waals surface area (Å²) in [6.07, 6.45) is 0.855. The molecule has 1 rings (SSSR count). The highest BCUT2D eigenvalue weighted by molar-refractivity contribution is 5.48. The molecule has 18 heavy (non-hydrogen) atoms. The first kappa shape index (κ1) is 14.6. The van der Waals surface area contributed by atoms with Crippen LogP contribution in [0.1, 0.15) is 6.42 Å². The highest BCUT2D eigenvalue weighted by atomic mass is 19.1. The Hall–Kier alpha value is -1.47. The molecule has 1 aromatic rings. The summed E-state index contributed by atoms with van der Waals surface area (Å²) in [6, 6.07) is 0.778. The van der Waals surface area contributed by atoms with Crippen LogP contribution in [0.15, 0.2) is 6.07 Å². The van der Waals surface area contributed by atoms with Crippen LogP contribution in [0.3, 0.4) is 0 Å². The minimum Gasteiger partial charge on any atom is -0.357 e. The van der Waals surface area contributed by atoms with Crippen molar-refractivity contribution in [1.82, 2.24) is 9.88 Å². The van der Waals surface area contributed by atoms with Gasteiger partial charge in [-0.05, 0) is 27.1 Å². The van der Waals surface area contributed by atoms with E-state index in [1.54, 1.807) is 11.9 Å². The van der Waals surface area contributed by atoms with Crippen molar-refractivity contribution in [3.8, 4) is 0 Å². The van der Waals surface area contributed by atoms with Gasteiger partial charge in [0.05, 0.1) is 0 Å². The van der Waals surface area contributed by atoms with Gasteiger partial charge in [0.1, 0.15) is 0 Å². The van der Waals surface area contributed by atoms with Crippen LogP contribution in [0, 0.1) is 11.6 Å². The number of aromatic nitrogens is 1. The number of halogens is 2. The molecule has 0 unspecified atom stereocenters. The largest absolute Gasteiger partial charge is 0.357 e. The van der Waals surface area contributed by atoms with Gasteiger partial charge in [-0.15, -0.1) is 0 Å². The molecule has 3 N–H and O–H groups in total. The fourth-order valence-electron chi connectivity index (χ4n) is 1.56. The summed E-state index contributed by atoms with van der Waals surface area (Å²) in [4.78, 5) is 7.49. The van der Waals surface area contributed by atoms with Gasteiger partial charge in [0.15, 0.2) is 23.3 Å². The van der Waals surface area contributed by atoms with Crippen LogP contribution in [0.4, 0.5) is 20.4 Å². The van der Waals surface area contributed by atoms with E-state index in [1.807, 2.05) is 19.0 Å². The van der Waals surface area contributed by atoms with E-state index in [-0.39, 0.29) is 11.6 Å². The van der Waals surface area contributed by atoms with Gasteiger partial charge in [-0.25, -0.2) is 19.6 Å². The van der Waals surface area contributed by atoms with E-state index >= 15 is 0 Å². The molecular weight excluding hydrogens is 240 g/mol. The lowest BCUT2D eigenvalue weighted by Crippen LogP contribution is -2.25. The predicted octanol–water partition coefficient (Wildman–Crippen LogP) is 1.03. The summed E-state index contributed by atoms with van der Waals surface area (Å²) in [5.41, 5.74) is 2.10. The number of pyridine rings is 1. The van der Waals surface area contributed by atoms with E-state index in [0.717, 1.165) is 19.0 Å². The van der Waals surface area contributed by atoms with Crippen molar-refractivity contribution in [1.29, 1.82) is 0 Å². The molecule has 0 fully saturated rings. The van der Waals surface area contributed by atoms with Gasteiger partial charge in [0, 0.05) is 19.7 Å². The molecular formula is C11H19F2N5. The summed E-state index contributed by atoms with van der Waals surface area (Å²) in [6.45, 7) is 1.51. The number of anilines is 2. The minimum atomic E-state index is -0.805. The smallest absolute Gasteiger partial charge is 0.178 e. The van der Waals surface area contributed by atoms with Crippen LogP contribution < -0.4 is 16.2 Å². The Morgan fingerprint density at radius 1 is 1.22 bits per heavy atom. The lowest BCUT2D eigenvalue weighted by Gasteiger charge is -2.20. The van der Waals surface area contributed by atoms with Gasteiger partial charge in [-0.1, -0.05) is 0 Å². The number of nitrogens with zero attached hydrogens (tertiary/aromatic N) is 3. The van der Waals surface area contributed by atoms with Gasteiger partial charge in [-0.2, -0.15) is 0 Å². The maximum Gasteiger partial charge on any atom is 0.178 e. The third kappa shape index (κ3) is 3.78. The Labute approximate surface area is 106 Å². The summed E-state index contributed by atoms with van der Waals surface area (Å²) >= 11 is 0. The third-order valence-electron chi connectivity index (χ3n) is 2.51. The van der Waals surface area contributed by atoms with Crippen LogP contribution >= 0.6 is 0 Å². The lowest BCUT2D eigenvalue weighted by molar-refractivity contribution is 0.401. The van der Waals surface area contributed by atoms with Crippen molar-refractivity contribution in [2.24, 2.45) is 5.84 Å². The molecule has 0 spiro atoms. The quantitative estimate of drug-likeness (QED) is 0.590. The predicted molar refractivity (Wildman–Crippen MR) is 68.4 cm³/mol. The number of rotatable bonds is 6. The highest BCUT2D eigenvalue weighted by Gasteiger charge is 2.14. The molecule has 0 amide bonds. The Kier molecular flexibility index (Phi) is 5.24. The number of hydrazine groups is 1. The van der Waals surface area contributed by atoms with E-state index in [1.165, 1.54) is 0 Å². The Morgan fingerprint density at radius 3 is 2.44 bits per heavy atom. The molecule has 7 heteroatoms. The van der Waals surface area contributed by atoms with Gasteiger partial charge < -0.3 is 15.2 Å². The van der Waals surface area contributed by atoms with Gasteiger partial charge in [-0.3, -0.25) is 0 Å². The fraction of sp³-hybridized carbons (Fsp3) is 0.545. The van der Waals surface area contributed by atoms with Crippen molar-refractivity contribution >= 4 is 11.6 Å². The number of hydrogen-bond donors (Lipinski definition) is 2. The Bertz CT molecular complexity index is 397. The zero-order chi connectivity index (χ0) is 13.7. The van der Waals surface area contributed by atoms with E-state index in [2.05, 4.69) is 10.4 Å². The van der Waals surface area contributed by atoms with E-state index < -0.39 is 11.6 Å². The number of nitrogen functional groups attached to an aromatic ring is 1. The third-order valence-corrected chi connectivity index (χ3v) is 2.51. The molecule has 1 heterocycles. The van der Waals surface area contributed by atoms with Gasteiger partial charge in [0.2, 0.25) is 0 Å². The second-order valence-corrected chi connectivity index (χ2v) is 4.35. The molecule has 1 aromatic heterocycles. The molecule has 0 aromatic carbocycles. The van der Waals surface area contributed by atoms with Crippen molar-refractivity contribution in [3.05, 3.63) is 17.7 Å². The summed E-state index contributed by atoms with van der Waals surface area (Å²) in [5.74, 6) is 3.53. The van der Waals surface area contributed by atoms with E-state index in [4.69, 9.17) is 5.84 Å². The van der Waals surface area contributed by atoms with Crippen LogP contribution in [0.25, 0.3) is 0 Å². The standard InChI is InChI=1S/C11H19F2N5/c1-17(2)5-4-6-18(3)11-9(13)7-8(12)10(15-11)16-14/h7H,4-6,14H2,1-3H3,(H,15,16). The molecule has 0 saturated heterocycles. The molecule has 0 aliphatic carbocycles. The molecule has 5 nitrogen and oxygen atoms in total. The second-order valence-electron chi connectivity index (χ2n) is 4.35. The van der Waals surface area contributed by atoms with Crippen LogP contribution in [-0.2, 0) is 0 Å². The second kappa shape index (κ2) is 6.46. The first-order valence-electron chi connectivity index (χ1n) is 5.64. The molecule has 0 aliphatic heterocycles. The maximum atomic E-state index is 13.6. The van der Waals surface area contributed by atoms with Crippen molar-refractivity contribution in [3.63, 3.8) is 0 Å². The lowest BCUT2D eigenvalue weighted by atomic mass is 10.3. The average Bonchev–Trinajstić information content (AvgIpc) is 2.28. The first-order valence-corrected chi connectivity index (χ1v) is 5.64. The fourth-order valence-corrected chi connectivity index (χ4v) is 1.56. The van der Waals surface area contributed by atoms with Crippen molar-refractivity contribution in [2.75, 3.05) is 44.6 Å². The number of nitrogens with one attached hydrogen (secondary N) is 1. The van der Waals surface area contributed by atoms with Crippen LogP contribution in [0.5, 0.6) is 0 Å². The molecule has 0 atom stereocenters. The highest BCUT2D eigenvalue weighted by Crippen LogP contribution is 2.20. The molecule has 0 saturated carbocycles. The minimum absolute atomic E-state index is 0.0862. The average molecular weight is 259 g/mol. The number of nitrogens with two attached hydrogens (primary N) is 1. The van der Waals surface area contributed by atoms with Crippen LogP contribution in [-0.4, -0.2) is 44.1 Å². The van der Waals surface area contributed by atoms with Crippen molar-refractivity contribution < 1.29 is 8.78 Å². The normalized spacial score (nSPS) is 10.8. The number of hydrogen-bond acceptors (Lipinski definition) is 5. The first-order chi connectivity index (χ1) is 8.45. The van der Waals surface area contributed by atoms with E-state index in [9.17, 15) is 8.78 Å². The zero-order valence-electron chi connectivity index (χ0n) is 10.9. The SMILES string of the molecule is CN(C)CCCN(C)c1nc(NN)c(F)cc1F. The van der Waals surface area contributed by atoms with E-state index in [0.29, 0.717) is 6.54 Å². The summed E-state index contributed by atoms with van der Waals surface area (Å²) < 4.78 is 26.8. The molecule has 0 radical (unpaired) electrons. The van der Waals surface area contributed by atoms with Gasteiger partial charge >= 0.3 is 0 Å². The van der Waals surface area contributed by atoms with Crippen LogP contribution in [0.2, 0.25) is 0 Å². The summed E-state index contributed by atoms with van der Waals surface area (Å²) in [5, 5.41) is 0. The topological polar surface area (TPSA) is 57.4 Å². The Morgan fingerprint density at radius 2 is 1.89 bits per heavy atom. The molecule has 0 aliphatic rings. The molecule has 0 bridgehead atoms. The Balaban J connectivity index is 2.75. The monoisotopic (exact) mass is 259 g/mol. The summed E-state index contributed by atoms with van der Waals surface area (Å²) in [7, 11) is 5.64. The van der Waals surface area contributed by atoms with Crippen molar-refractivity contribution in [2.45, 2.75) is 6.42 Å². The zero-order valence-corrected chi connectivity index (χ0v) is 10.9. The molecule has 102 valence electrons.